The van der Waals surface area contributed by atoms with Gasteiger partial charge in [-0.15, -0.1) is 0 Å². The zero-order valence-electron chi connectivity index (χ0n) is 34.0. The van der Waals surface area contributed by atoms with E-state index in [0.717, 1.165) is 0 Å². The first-order chi connectivity index (χ1) is 30.7. The molecule has 0 aromatic carbocycles. The molecule has 6 saturated heterocycles. The molecule has 0 unspecified atom stereocenters. The highest BCUT2D eigenvalue weighted by molar-refractivity contribution is 4.96. The van der Waals surface area contributed by atoms with Gasteiger partial charge in [0.1, 0.15) is 140 Å². The van der Waals surface area contributed by atoms with Crippen LogP contribution in [-0.2, 0) is 52.1 Å². The van der Waals surface area contributed by atoms with Crippen LogP contribution in [-0.4, -0.2) is 315 Å². The van der Waals surface area contributed by atoms with Gasteiger partial charge in [-0.2, -0.15) is 0 Å². The van der Waals surface area contributed by atoms with Crippen LogP contribution in [0.3, 0.4) is 0 Å². The third-order valence-electron chi connectivity index (χ3n) is 12.0. The Labute approximate surface area is 366 Å². The zero-order valence-corrected chi connectivity index (χ0v) is 34.0. The predicted molar refractivity (Wildman–Crippen MR) is 193 cm³/mol. The Balaban J connectivity index is 1.02. The van der Waals surface area contributed by atoms with Crippen molar-refractivity contribution in [1.29, 1.82) is 0 Å². The van der Waals surface area contributed by atoms with Crippen LogP contribution in [0, 0.1) is 0 Å². The minimum absolute atomic E-state index is 0.489. The maximum atomic E-state index is 11.0. The molecule has 6 rings (SSSR count). The van der Waals surface area contributed by atoms with Crippen LogP contribution in [0.1, 0.15) is 0 Å². The van der Waals surface area contributed by atoms with Crippen LogP contribution in [0.2, 0.25) is 0 Å². The third-order valence-corrected chi connectivity index (χ3v) is 12.0. The smallest absolute Gasteiger partial charge is 0.186 e. The Bertz CT molecular complexity index is 1460. The van der Waals surface area contributed by atoms with Crippen molar-refractivity contribution in [1.82, 2.24) is 0 Å². The van der Waals surface area contributed by atoms with Crippen molar-refractivity contribution >= 4 is 0 Å². The minimum atomic E-state index is -2.00. The standard InChI is InChI=1S/C35H60O30/c36-1-8-18(43)29(65-34-24(49)13(38)7(37)2-55-34)28(53)35(61-8)59-6-12-17(42)22(47)27(52)33(64-12)58-5-11-16(41)21(46)26(51)32(63-11)57-4-10-15(40)20(45)25(50)31(62-10)56-3-9-14(39)19(44)23(48)30(54)60-9/h7-54H,1-6H2/t7-,8+,9+,10+,11+,12+,13-,14-,15-,16-,17-,18-,19-,20-,21-,22-,23+,24+,25+,26+,27+,28+,29-,30+,31+,32+,33+,34-,35+/m0/s1. The summed E-state index contributed by atoms with van der Waals surface area (Å²) in [5.74, 6) is 0. The summed E-state index contributed by atoms with van der Waals surface area (Å²) in [7, 11) is 0. The summed E-state index contributed by atoms with van der Waals surface area (Å²) >= 11 is 0. The molecule has 0 aliphatic carbocycles. The van der Waals surface area contributed by atoms with Crippen LogP contribution < -0.4 is 0 Å². The lowest BCUT2D eigenvalue weighted by molar-refractivity contribution is -0.360. The van der Waals surface area contributed by atoms with Gasteiger partial charge in [-0.1, -0.05) is 0 Å². The molecule has 30 nitrogen and oxygen atoms in total. The SMILES string of the molecule is OC[C@H]1O[C@@H](OC[C@H]2O[C@@H](OC[C@H]3O[C@@H](OC[C@H]4O[C@@H](OC[C@H]5O[C@@H](O)[C@H](O)[C@@H](O)[C@H]5O)[C@H](O)[C@@H](O)[C@H]4O)[C@H](O)[C@@H](O)[C@H]3O)[C@H](O)[C@@H](O)[C@H]2O)[C@H](O)[C@@H](O[C@@H]2OC[C@H](O)[C@H](O)[C@H]2O)[C@H]1O. The molecule has 0 amide bonds. The molecular formula is C35H60O30. The van der Waals surface area contributed by atoms with Gasteiger partial charge in [0.2, 0.25) is 0 Å². The average molecular weight is 961 g/mol. The summed E-state index contributed by atoms with van der Waals surface area (Å²) in [6.45, 7) is -4.34. The van der Waals surface area contributed by atoms with Gasteiger partial charge in [0, 0.05) is 0 Å². The van der Waals surface area contributed by atoms with E-state index in [9.17, 15) is 97.0 Å². The lowest BCUT2D eigenvalue weighted by Gasteiger charge is -2.45. The first kappa shape index (κ1) is 53.2. The first-order valence-electron chi connectivity index (χ1n) is 20.5. The molecule has 380 valence electrons. The van der Waals surface area contributed by atoms with E-state index in [4.69, 9.17) is 52.1 Å². The van der Waals surface area contributed by atoms with E-state index in [1.54, 1.807) is 0 Å². The van der Waals surface area contributed by atoms with E-state index in [1.165, 1.54) is 0 Å². The predicted octanol–water partition coefficient (Wildman–Crippen LogP) is -13.5. The molecule has 29 atom stereocenters. The maximum Gasteiger partial charge on any atom is 0.186 e. The Kier molecular flexibility index (Phi) is 18.6. The van der Waals surface area contributed by atoms with E-state index in [-0.39, 0.29) is 0 Å². The second-order valence-electron chi connectivity index (χ2n) is 16.5. The molecule has 6 aliphatic rings. The molecule has 19 N–H and O–H groups in total. The quantitative estimate of drug-likeness (QED) is 0.0724. The molecule has 6 heterocycles. The summed E-state index contributed by atoms with van der Waals surface area (Å²) in [6.07, 6.45) is -51.9. The number of hydrogen-bond donors (Lipinski definition) is 19. The lowest BCUT2D eigenvalue weighted by atomic mass is 9.97. The van der Waals surface area contributed by atoms with Gasteiger partial charge >= 0.3 is 0 Å². The second kappa shape index (κ2) is 22.7. The number of ether oxygens (including phenoxy) is 11. The topological polar surface area (TPSA) is 486 Å². The molecule has 0 radical (unpaired) electrons. The van der Waals surface area contributed by atoms with E-state index >= 15 is 0 Å². The van der Waals surface area contributed by atoms with Crippen molar-refractivity contribution in [2.45, 2.75) is 178 Å². The Morgan fingerprint density at radius 2 is 0.662 bits per heavy atom. The molecule has 0 aromatic heterocycles. The molecule has 0 saturated carbocycles. The Hall–Kier alpha value is -1.20. The molecule has 0 aromatic rings. The largest absolute Gasteiger partial charge is 0.394 e. The van der Waals surface area contributed by atoms with Gasteiger partial charge < -0.3 is 149 Å². The number of aliphatic hydroxyl groups is 19. The van der Waals surface area contributed by atoms with Gasteiger partial charge in [-0.3, -0.25) is 0 Å². The van der Waals surface area contributed by atoms with Crippen molar-refractivity contribution in [3.05, 3.63) is 0 Å². The van der Waals surface area contributed by atoms with Crippen LogP contribution in [0.5, 0.6) is 0 Å². The van der Waals surface area contributed by atoms with Gasteiger partial charge in [0.15, 0.2) is 37.7 Å². The van der Waals surface area contributed by atoms with E-state index in [0.29, 0.717) is 0 Å². The highest BCUT2D eigenvalue weighted by atomic mass is 16.8. The van der Waals surface area contributed by atoms with Gasteiger partial charge in [-0.05, 0) is 0 Å². The summed E-state index contributed by atoms with van der Waals surface area (Å²) < 4.78 is 59.8. The summed E-state index contributed by atoms with van der Waals surface area (Å²) in [4.78, 5) is 0. The Morgan fingerprint density at radius 3 is 1.06 bits per heavy atom. The van der Waals surface area contributed by atoms with Crippen molar-refractivity contribution in [3.8, 4) is 0 Å². The number of aliphatic hydroxyl groups excluding tert-OH is 19. The lowest BCUT2D eigenvalue weighted by Crippen LogP contribution is -2.64. The van der Waals surface area contributed by atoms with E-state index in [2.05, 4.69) is 0 Å². The number of hydrogen-bond acceptors (Lipinski definition) is 30. The minimum Gasteiger partial charge on any atom is -0.394 e. The second-order valence-corrected chi connectivity index (χ2v) is 16.5. The highest BCUT2D eigenvalue weighted by Crippen LogP contribution is 2.32. The van der Waals surface area contributed by atoms with E-state index in [1.807, 2.05) is 0 Å². The molecule has 0 bridgehead atoms. The fraction of sp³-hybridized carbons (Fsp3) is 1.00. The summed E-state index contributed by atoms with van der Waals surface area (Å²) in [5.41, 5.74) is 0. The highest BCUT2D eigenvalue weighted by Gasteiger charge is 2.53. The normalized spacial score (nSPS) is 53.5. The van der Waals surface area contributed by atoms with Crippen molar-refractivity contribution in [2.24, 2.45) is 0 Å². The Morgan fingerprint density at radius 1 is 0.323 bits per heavy atom. The molecule has 6 fully saturated rings. The van der Waals surface area contributed by atoms with Crippen molar-refractivity contribution < 1.29 is 149 Å². The summed E-state index contributed by atoms with van der Waals surface area (Å²) in [6, 6.07) is 0. The van der Waals surface area contributed by atoms with Crippen molar-refractivity contribution in [3.63, 3.8) is 0 Å². The van der Waals surface area contributed by atoms with Gasteiger partial charge in [0.25, 0.3) is 0 Å². The van der Waals surface area contributed by atoms with Crippen LogP contribution >= 0.6 is 0 Å². The number of rotatable bonds is 15. The average Bonchev–Trinajstić information content (AvgIpc) is 3.29. The van der Waals surface area contributed by atoms with Crippen molar-refractivity contribution in [2.75, 3.05) is 39.6 Å². The maximum absolute atomic E-state index is 11.0. The molecule has 30 heteroatoms. The van der Waals surface area contributed by atoms with Crippen LogP contribution in [0.4, 0.5) is 0 Å². The van der Waals surface area contributed by atoms with Gasteiger partial charge in [0.05, 0.1) is 39.6 Å². The molecule has 6 aliphatic heterocycles. The third kappa shape index (κ3) is 11.5. The molecular weight excluding hydrogens is 900 g/mol. The first-order valence-corrected chi connectivity index (χ1v) is 20.5. The monoisotopic (exact) mass is 960 g/mol. The van der Waals surface area contributed by atoms with Crippen LogP contribution in [0.25, 0.3) is 0 Å². The van der Waals surface area contributed by atoms with E-state index < -0.39 is 218 Å². The summed E-state index contributed by atoms with van der Waals surface area (Å²) in [5, 5.41) is 197. The van der Waals surface area contributed by atoms with Crippen LogP contribution in [0.15, 0.2) is 0 Å². The zero-order chi connectivity index (χ0) is 47.8. The fourth-order valence-corrected chi connectivity index (χ4v) is 7.81. The molecule has 65 heavy (non-hydrogen) atoms. The fourth-order valence-electron chi connectivity index (χ4n) is 7.81. The molecule has 0 spiro atoms. The van der Waals surface area contributed by atoms with Gasteiger partial charge in [-0.25, -0.2) is 0 Å².